The summed E-state index contributed by atoms with van der Waals surface area (Å²) in [5.41, 5.74) is 4.01. The van der Waals surface area contributed by atoms with Gasteiger partial charge >= 0.3 is 0 Å². The number of halogens is 1. The molecule has 0 saturated heterocycles. The molecule has 0 aliphatic heterocycles. The van der Waals surface area contributed by atoms with Crippen LogP contribution in [0.25, 0.3) is 22.3 Å². The van der Waals surface area contributed by atoms with Crippen LogP contribution in [0.4, 0.5) is 0 Å². The third-order valence-electron chi connectivity index (χ3n) is 2.65. The Hall–Kier alpha value is -1.75. The highest BCUT2D eigenvalue weighted by Crippen LogP contribution is 2.22. The van der Waals surface area contributed by atoms with Gasteiger partial charge in [-0.15, -0.1) is 0 Å². The SMILES string of the molecule is Cn1cnc2cc(-c3ccnc(Br)n3)ccc21. The Kier molecular flexibility index (Phi) is 2.40. The van der Waals surface area contributed by atoms with Crippen molar-refractivity contribution in [3.05, 3.63) is 41.5 Å². The molecule has 0 radical (unpaired) electrons. The minimum absolute atomic E-state index is 0.594. The first-order valence-corrected chi connectivity index (χ1v) is 5.93. The first-order chi connectivity index (χ1) is 8.24. The van der Waals surface area contributed by atoms with Gasteiger partial charge in [0, 0.05) is 18.8 Å². The molecule has 2 heterocycles. The van der Waals surface area contributed by atoms with Crippen LogP contribution in [0.15, 0.2) is 41.5 Å². The van der Waals surface area contributed by atoms with E-state index in [1.54, 1.807) is 6.20 Å². The standard InChI is InChI=1S/C12H9BrN4/c1-17-7-15-10-6-8(2-3-11(10)17)9-4-5-14-12(13)16-9/h2-7H,1H3. The third-order valence-corrected chi connectivity index (χ3v) is 3.03. The fourth-order valence-corrected chi connectivity index (χ4v) is 2.10. The molecule has 17 heavy (non-hydrogen) atoms. The van der Waals surface area contributed by atoms with Crippen LogP contribution in [0.3, 0.4) is 0 Å². The number of benzene rings is 1. The zero-order chi connectivity index (χ0) is 11.8. The normalized spacial score (nSPS) is 10.9. The average Bonchev–Trinajstić information content (AvgIpc) is 2.71. The van der Waals surface area contributed by atoms with Gasteiger partial charge in [-0.2, -0.15) is 0 Å². The van der Waals surface area contributed by atoms with Gasteiger partial charge in [0.05, 0.1) is 23.1 Å². The molecule has 3 aromatic rings. The van der Waals surface area contributed by atoms with Crippen molar-refractivity contribution in [2.24, 2.45) is 7.05 Å². The van der Waals surface area contributed by atoms with E-state index in [1.165, 1.54) is 0 Å². The third kappa shape index (κ3) is 1.82. The molecule has 0 atom stereocenters. The highest BCUT2D eigenvalue weighted by molar-refractivity contribution is 9.10. The van der Waals surface area contributed by atoms with E-state index in [1.807, 2.05) is 42.2 Å². The van der Waals surface area contributed by atoms with Crippen LogP contribution in [0.5, 0.6) is 0 Å². The van der Waals surface area contributed by atoms with E-state index in [0.29, 0.717) is 4.73 Å². The minimum atomic E-state index is 0.594. The molecule has 0 amide bonds. The minimum Gasteiger partial charge on any atom is -0.334 e. The number of imidazole rings is 1. The van der Waals surface area contributed by atoms with Crippen molar-refractivity contribution in [1.29, 1.82) is 0 Å². The summed E-state index contributed by atoms with van der Waals surface area (Å²) in [6, 6.07) is 8.01. The van der Waals surface area contributed by atoms with Crippen molar-refractivity contribution in [2.75, 3.05) is 0 Å². The van der Waals surface area contributed by atoms with Crippen molar-refractivity contribution in [1.82, 2.24) is 19.5 Å². The topological polar surface area (TPSA) is 43.6 Å². The number of aryl methyl sites for hydroxylation is 1. The maximum absolute atomic E-state index is 4.33. The summed E-state index contributed by atoms with van der Waals surface area (Å²) in [4.78, 5) is 12.7. The summed E-state index contributed by atoms with van der Waals surface area (Å²) < 4.78 is 2.59. The highest BCUT2D eigenvalue weighted by Gasteiger charge is 2.04. The molecule has 0 N–H and O–H groups in total. The predicted octanol–water partition coefficient (Wildman–Crippen LogP) is 2.79. The fraction of sp³-hybridized carbons (Fsp3) is 0.0833. The monoisotopic (exact) mass is 288 g/mol. The Morgan fingerprint density at radius 2 is 2.06 bits per heavy atom. The molecular weight excluding hydrogens is 280 g/mol. The second-order valence-corrected chi connectivity index (χ2v) is 4.48. The lowest BCUT2D eigenvalue weighted by Crippen LogP contribution is -1.87. The molecule has 0 spiro atoms. The summed E-state index contributed by atoms with van der Waals surface area (Å²) in [5, 5.41) is 0. The van der Waals surface area contributed by atoms with Gasteiger partial charge in [0.25, 0.3) is 0 Å². The Bertz CT molecular complexity index is 690. The molecule has 5 heteroatoms. The Balaban J connectivity index is 2.18. The smallest absolute Gasteiger partial charge is 0.197 e. The van der Waals surface area contributed by atoms with Gasteiger partial charge in [-0.05, 0) is 34.1 Å². The quantitative estimate of drug-likeness (QED) is 0.647. The molecule has 0 fully saturated rings. The largest absolute Gasteiger partial charge is 0.334 e. The molecule has 0 bridgehead atoms. The summed E-state index contributed by atoms with van der Waals surface area (Å²) >= 11 is 3.27. The van der Waals surface area contributed by atoms with Crippen LogP contribution in [0.2, 0.25) is 0 Å². The Morgan fingerprint density at radius 3 is 2.88 bits per heavy atom. The maximum atomic E-state index is 4.33. The number of hydrogen-bond donors (Lipinski definition) is 0. The van der Waals surface area contributed by atoms with Gasteiger partial charge in [0.1, 0.15) is 0 Å². The second kappa shape index (κ2) is 3.92. The number of rotatable bonds is 1. The van der Waals surface area contributed by atoms with E-state index >= 15 is 0 Å². The number of aromatic nitrogens is 4. The summed E-state index contributed by atoms with van der Waals surface area (Å²) in [6.07, 6.45) is 3.54. The second-order valence-electron chi connectivity index (χ2n) is 3.77. The molecule has 84 valence electrons. The molecule has 0 saturated carbocycles. The lowest BCUT2D eigenvalue weighted by Gasteiger charge is -2.01. The molecule has 3 rings (SSSR count). The van der Waals surface area contributed by atoms with E-state index in [4.69, 9.17) is 0 Å². The average molecular weight is 289 g/mol. The molecule has 2 aromatic heterocycles. The molecule has 0 aliphatic rings. The Labute approximate surface area is 106 Å². The first kappa shape index (κ1) is 10.4. The van der Waals surface area contributed by atoms with E-state index in [9.17, 15) is 0 Å². The molecule has 0 unspecified atom stereocenters. The number of fused-ring (bicyclic) bond motifs is 1. The molecule has 1 aromatic carbocycles. The van der Waals surface area contributed by atoms with Crippen LogP contribution in [0.1, 0.15) is 0 Å². The molecule has 0 aliphatic carbocycles. The summed E-state index contributed by atoms with van der Waals surface area (Å²) in [6.45, 7) is 0. The van der Waals surface area contributed by atoms with E-state index in [-0.39, 0.29) is 0 Å². The van der Waals surface area contributed by atoms with Gasteiger partial charge in [-0.1, -0.05) is 6.07 Å². The van der Waals surface area contributed by atoms with Gasteiger partial charge in [-0.25, -0.2) is 15.0 Å². The fourth-order valence-electron chi connectivity index (χ4n) is 1.79. The molecule has 4 nitrogen and oxygen atoms in total. The maximum Gasteiger partial charge on any atom is 0.197 e. The van der Waals surface area contributed by atoms with Crippen molar-refractivity contribution in [2.45, 2.75) is 0 Å². The number of nitrogens with zero attached hydrogens (tertiary/aromatic N) is 4. The van der Waals surface area contributed by atoms with Crippen molar-refractivity contribution in [3.8, 4) is 11.3 Å². The number of hydrogen-bond acceptors (Lipinski definition) is 3. The zero-order valence-electron chi connectivity index (χ0n) is 9.13. The van der Waals surface area contributed by atoms with Gasteiger partial charge in [0.2, 0.25) is 0 Å². The van der Waals surface area contributed by atoms with Crippen LogP contribution >= 0.6 is 15.9 Å². The van der Waals surface area contributed by atoms with Crippen LogP contribution in [-0.2, 0) is 7.05 Å². The van der Waals surface area contributed by atoms with Gasteiger partial charge in [0.15, 0.2) is 4.73 Å². The van der Waals surface area contributed by atoms with Crippen LogP contribution < -0.4 is 0 Å². The Morgan fingerprint density at radius 1 is 1.18 bits per heavy atom. The zero-order valence-corrected chi connectivity index (χ0v) is 10.7. The van der Waals surface area contributed by atoms with Crippen LogP contribution in [-0.4, -0.2) is 19.5 Å². The first-order valence-electron chi connectivity index (χ1n) is 5.14. The lowest BCUT2D eigenvalue weighted by molar-refractivity contribution is 0.948. The lowest BCUT2D eigenvalue weighted by atomic mass is 10.1. The van der Waals surface area contributed by atoms with Crippen molar-refractivity contribution >= 4 is 27.0 Å². The van der Waals surface area contributed by atoms with Crippen molar-refractivity contribution in [3.63, 3.8) is 0 Å². The van der Waals surface area contributed by atoms with E-state index in [2.05, 4.69) is 30.9 Å². The molecular formula is C12H9BrN4. The van der Waals surface area contributed by atoms with Crippen molar-refractivity contribution < 1.29 is 0 Å². The highest BCUT2D eigenvalue weighted by atomic mass is 79.9. The van der Waals surface area contributed by atoms with Crippen LogP contribution in [0, 0.1) is 0 Å². The van der Waals surface area contributed by atoms with E-state index < -0.39 is 0 Å². The van der Waals surface area contributed by atoms with Gasteiger partial charge in [-0.3, -0.25) is 0 Å². The van der Waals surface area contributed by atoms with E-state index in [0.717, 1.165) is 22.3 Å². The summed E-state index contributed by atoms with van der Waals surface area (Å²) in [5.74, 6) is 0. The summed E-state index contributed by atoms with van der Waals surface area (Å²) in [7, 11) is 1.98. The predicted molar refractivity (Wildman–Crippen MR) is 69.4 cm³/mol. The van der Waals surface area contributed by atoms with Gasteiger partial charge < -0.3 is 4.57 Å².